The monoisotopic (exact) mass is 185 g/mol. The van der Waals surface area contributed by atoms with Crippen LogP contribution in [0.5, 0.6) is 0 Å². The molecule has 0 amide bonds. The van der Waals surface area contributed by atoms with Gasteiger partial charge in [-0.1, -0.05) is 0 Å². The second kappa shape index (κ2) is 2.92. The van der Waals surface area contributed by atoms with E-state index in [4.69, 9.17) is 0 Å². The highest BCUT2D eigenvalue weighted by atomic mass is 79.9. The second-order valence-corrected chi connectivity index (χ2v) is 2.48. The summed E-state index contributed by atoms with van der Waals surface area (Å²) < 4.78 is 0.903. The first-order valence-electron chi connectivity index (χ1n) is 2.58. The molecule has 0 atom stereocenters. The molecular weight excluding hydrogens is 180 g/mol. The zero-order chi connectivity index (χ0) is 6.69. The molecule has 0 spiro atoms. The topological polar surface area (TPSA) is 25.8 Å². The zero-order valence-corrected chi connectivity index (χ0v) is 6.43. The van der Waals surface area contributed by atoms with Gasteiger partial charge in [0.2, 0.25) is 0 Å². The summed E-state index contributed by atoms with van der Waals surface area (Å²) >= 11 is 3.23. The van der Waals surface area contributed by atoms with Gasteiger partial charge in [0, 0.05) is 18.8 Å². The molecule has 0 bridgehead atoms. The molecule has 0 aromatic carbocycles. The molecule has 1 radical (unpaired) electrons. The van der Waals surface area contributed by atoms with E-state index in [9.17, 15) is 0 Å². The van der Waals surface area contributed by atoms with Crippen LogP contribution in [0.25, 0.3) is 0 Å². The van der Waals surface area contributed by atoms with Crippen molar-refractivity contribution in [1.82, 2.24) is 9.97 Å². The van der Waals surface area contributed by atoms with Crippen molar-refractivity contribution in [3.05, 3.63) is 29.6 Å². The van der Waals surface area contributed by atoms with Gasteiger partial charge in [-0.15, -0.1) is 0 Å². The predicted molar refractivity (Wildman–Crippen MR) is 38.8 cm³/mol. The smallest absolute Gasteiger partial charge is 0.128 e. The lowest BCUT2D eigenvalue weighted by Crippen LogP contribution is -1.89. The number of hydrogen-bond acceptors (Lipinski definition) is 2. The Morgan fingerprint density at radius 1 is 1.44 bits per heavy atom. The average Bonchev–Trinajstić information content (AvgIpc) is 1.90. The lowest BCUT2D eigenvalue weighted by molar-refractivity contribution is 0.980. The van der Waals surface area contributed by atoms with E-state index in [0.717, 1.165) is 10.3 Å². The summed E-state index contributed by atoms with van der Waals surface area (Å²) in [7, 11) is 0. The molecular formula is C6H6BrN2. The molecule has 0 fully saturated rings. The summed E-state index contributed by atoms with van der Waals surface area (Å²) in [4.78, 5) is 7.95. The maximum atomic E-state index is 3.98. The van der Waals surface area contributed by atoms with Crippen LogP contribution in [-0.2, 0) is 6.42 Å². The predicted octanol–water partition coefficient (Wildman–Crippen LogP) is 1.62. The normalized spacial score (nSPS) is 9.56. The highest BCUT2D eigenvalue weighted by molar-refractivity contribution is 9.10. The zero-order valence-electron chi connectivity index (χ0n) is 4.84. The number of rotatable bonds is 1. The van der Waals surface area contributed by atoms with E-state index < -0.39 is 0 Å². The molecule has 2 nitrogen and oxygen atoms in total. The van der Waals surface area contributed by atoms with Crippen LogP contribution in [0.1, 0.15) is 5.82 Å². The Kier molecular flexibility index (Phi) is 2.16. The van der Waals surface area contributed by atoms with E-state index in [-0.39, 0.29) is 0 Å². The van der Waals surface area contributed by atoms with Gasteiger partial charge in [-0.05, 0) is 22.9 Å². The third kappa shape index (κ3) is 1.75. The molecule has 0 aliphatic rings. The Balaban J connectivity index is 2.88. The van der Waals surface area contributed by atoms with Crippen LogP contribution in [0.3, 0.4) is 0 Å². The summed E-state index contributed by atoms with van der Waals surface area (Å²) in [6.07, 6.45) is 4.08. The summed E-state index contributed by atoms with van der Waals surface area (Å²) in [6, 6.07) is 0. The van der Waals surface area contributed by atoms with Crippen LogP contribution in [0.4, 0.5) is 0 Å². The maximum absolute atomic E-state index is 3.98. The van der Waals surface area contributed by atoms with E-state index >= 15 is 0 Å². The van der Waals surface area contributed by atoms with Gasteiger partial charge in [-0.2, -0.15) is 0 Å². The van der Waals surface area contributed by atoms with Crippen LogP contribution in [0, 0.1) is 6.92 Å². The molecule has 0 saturated heterocycles. The molecule has 0 aliphatic heterocycles. The Bertz CT molecular complexity index is 183. The molecule has 1 aromatic heterocycles. The maximum Gasteiger partial charge on any atom is 0.128 e. The molecule has 47 valence electrons. The van der Waals surface area contributed by atoms with Crippen LogP contribution in [-0.4, -0.2) is 9.97 Å². The minimum Gasteiger partial charge on any atom is -0.240 e. The molecule has 1 rings (SSSR count). The van der Waals surface area contributed by atoms with E-state index in [1.54, 1.807) is 12.4 Å². The first-order valence-corrected chi connectivity index (χ1v) is 3.38. The molecule has 1 heterocycles. The molecule has 9 heavy (non-hydrogen) atoms. The van der Waals surface area contributed by atoms with Crippen LogP contribution < -0.4 is 0 Å². The third-order valence-electron chi connectivity index (χ3n) is 0.897. The lowest BCUT2D eigenvalue weighted by Gasteiger charge is -1.91. The lowest BCUT2D eigenvalue weighted by atomic mass is 10.4. The highest BCUT2D eigenvalue weighted by Gasteiger charge is 1.89. The summed E-state index contributed by atoms with van der Waals surface area (Å²) in [6.45, 7) is 3.65. The van der Waals surface area contributed by atoms with E-state index in [2.05, 4.69) is 32.8 Å². The van der Waals surface area contributed by atoms with Crippen molar-refractivity contribution in [3.63, 3.8) is 0 Å². The van der Waals surface area contributed by atoms with E-state index in [0.29, 0.717) is 6.42 Å². The van der Waals surface area contributed by atoms with Gasteiger partial charge in [0.15, 0.2) is 0 Å². The SMILES string of the molecule is [CH2]Cc1ncc(Br)cn1. The first-order chi connectivity index (χ1) is 4.33. The summed E-state index contributed by atoms with van der Waals surface area (Å²) in [5.74, 6) is 0.776. The minimum atomic E-state index is 0.646. The largest absolute Gasteiger partial charge is 0.240 e. The fourth-order valence-electron chi connectivity index (χ4n) is 0.468. The standard InChI is InChI=1S/C6H6BrN2/c1-2-6-8-3-5(7)4-9-6/h3-4H,1-2H2. The molecule has 1 aromatic rings. The molecule has 0 N–H and O–H groups in total. The second-order valence-electron chi connectivity index (χ2n) is 1.57. The van der Waals surface area contributed by atoms with Gasteiger partial charge in [-0.25, -0.2) is 9.97 Å². The fraction of sp³-hybridized carbons (Fsp3) is 0.167. The Hall–Kier alpha value is -0.440. The van der Waals surface area contributed by atoms with Gasteiger partial charge in [0.25, 0.3) is 0 Å². The number of hydrogen-bond donors (Lipinski definition) is 0. The number of aromatic nitrogens is 2. The Morgan fingerprint density at radius 3 is 2.44 bits per heavy atom. The van der Waals surface area contributed by atoms with Gasteiger partial charge in [0.05, 0.1) is 4.47 Å². The van der Waals surface area contributed by atoms with Gasteiger partial charge in [0.1, 0.15) is 5.82 Å². The van der Waals surface area contributed by atoms with E-state index in [1.807, 2.05) is 0 Å². The Morgan fingerprint density at radius 2 is 2.00 bits per heavy atom. The summed E-state index contributed by atoms with van der Waals surface area (Å²) in [5.41, 5.74) is 0. The quantitative estimate of drug-likeness (QED) is 0.665. The molecule has 0 aliphatic carbocycles. The van der Waals surface area contributed by atoms with Crippen LogP contribution >= 0.6 is 15.9 Å². The highest BCUT2D eigenvalue weighted by Crippen LogP contribution is 2.03. The summed E-state index contributed by atoms with van der Waals surface area (Å²) in [5, 5.41) is 0. The molecule has 3 heteroatoms. The van der Waals surface area contributed by atoms with Crippen molar-refractivity contribution in [2.45, 2.75) is 6.42 Å². The molecule has 0 unspecified atom stereocenters. The van der Waals surface area contributed by atoms with Crippen molar-refractivity contribution in [2.24, 2.45) is 0 Å². The minimum absolute atomic E-state index is 0.646. The van der Waals surface area contributed by atoms with Crippen LogP contribution in [0.15, 0.2) is 16.9 Å². The number of nitrogens with zero attached hydrogens (tertiary/aromatic N) is 2. The number of halogens is 1. The fourth-order valence-corrected chi connectivity index (χ4v) is 0.673. The average molecular weight is 186 g/mol. The Labute approximate surface area is 62.5 Å². The van der Waals surface area contributed by atoms with Gasteiger partial charge in [-0.3, -0.25) is 0 Å². The van der Waals surface area contributed by atoms with Crippen molar-refractivity contribution < 1.29 is 0 Å². The van der Waals surface area contributed by atoms with Gasteiger partial charge >= 0.3 is 0 Å². The van der Waals surface area contributed by atoms with Crippen molar-refractivity contribution >= 4 is 15.9 Å². The van der Waals surface area contributed by atoms with Gasteiger partial charge < -0.3 is 0 Å². The third-order valence-corrected chi connectivity index (χ3v) is 1.31. The first kappa shape index (κ1) is 6.68. The van der Waals surface area contributed by atoms with E-state index in [1.165, 1.54) is 0 Å². The molecule has 0 saturated carbocycles. The van der Waals surface area contributed by atoms with Crippen molar-refractivity contribution in [1.29, 1.82) is 0 Å². The van der Waals surface area contributed by atoms with Crippen molar-refractivity contribution in [3.8, 4) is 0 Å². The van der Waals surface area contributed by atoms with Crippen molar-refractivity contribution in [2.75, 3.05) is 0 Å². The van der Waals surface area contributed by atoms with Crippen LogP contribution in [0.2, 0.25) is 0 Å².